The zero-order valence-electron chi connectivity index (χ0n) is 12.8. The van der Waals surface area contributed by atoms with E-state index in [4.69, 9.17) is 4.74 Å². The number of anilines is 2. The molecule has 0 bridgehead atoms. The molecule has 8 heteroatoms. The molecule has 0 atom stereocenters. The fraction of sp³-hybridized carbons (Fsp3) is 0.714. The topological polar surface area (TPSA) is 92.3 Å². The van der Waals surface area contributed by atoms with Crippen LogP contribution in [0.3, 0.4) is 0 Å². The lowest BCUT2D eigenvalue weighted by molar-refractivity contribution is 0.0983. The minimum absolute atomic E-state index is 0.222. The van der Waals surface area contributed by atoms with Gasteiger partial charge in [-0.15, -0.1) is 5.10 Å². The van der Waals surface area contributed by atoms with Gasteiger partial charge in [-0.2, -0.15) is 10.1 Å². The number of ether oxygens (including phenoxy) is 1. The summed E-state index contributed by atoms with van der Waals surface area (Å²) in [5.41, 5.74) is 0. The number of carbonyl (C=O) groups excluding carboxylic acids is 1. The van der Waals surface area contributed by atoms with E-state index < -0.39 is 0 Å². The van der Waals surface area contributed by atoms with E-state index in [1.807, 2.05) is 6.92 Å². The number of hydrogen-bond acceptors (Lipinski definition) is 7. The average molecular weight is 306 g/mol. The maximum atomic E-state index is 11.7. The van der Waals surface area contributed by atoms with Crippen LogP contribution in [0.25, 0.3) is 0 Å². The lowest BCUT2D eigenvalue weighted by Gasteiger charge is -2.31. The molecule has 1 saturated carbocycles. The maximum absolute atomic E-state index is 11.7. The molecule has 1 aliphatic heterocycles. The highest BCUT2D eigenvalue weighted by molar-refractivity contribution is 5.67. The van der Waals surface area contributed by atoms with Crippen LogP contribution in [0, 0.1) is 0 Å². The van der Waals surface area contributed by atoms with Crippen molar-refractivity contribution < 1.29 is 9.53 Å². The summed E-state index contributed by atoms with van der Waals surface area (Å²) in [6.07, 6.45) is 5.50. The summed E-state index contributed by atoms with van der Waals surface area (Å²) in [6.45, 7) is 3.63. The molecule has 120 valence electrons. The van der Waals surface area contributed by atoms with Gasteiger partial charge in [-0.3, -0.25) is 0 Å². The molecule has 2 N–H and O–H groups in total. The summed E-state index contributed by atoms with van der Waals surface area (Å²) in [5.74, 6) is 1.31. The molecule has 0 radical (unpaired) electrons. The second kappa shape index (κ2) is 6.76. The van der Waals surface area contributed by atoms with Crippen LogP contribution >= 0.6 is 0 Å². The molecule has 0 spiro atoms. The summed E-state index contributed by atoms with van der Waals surface area (Å²) >= 11 is 0. The van der Waals surface area contributed by atoms with E-state index in [-0.39, 0.29) is 12.1 Å². The van der Waals surface area contributed by atoms with Crippen molar-refractivity contribution >= 4 is 17.9 Å². The number of nitrogens with zero attached hydrogens (tertiary/aromatic N) is 4. The van der Waals surface area contributed by atoms with Crippen LogP contribution in [0.4, 0.5) is 16.6 Å². The minimum Gasteiger partial charge on any atom is -0.450 e. The number of rotatable bonds is 5. The lowest BCUT2D eigenvalue weighted by Crippen LogP contribution is -2.42. The van der Waals surface area contributed by atoms with Crippen LogP contribution in [0.5, 0.6) is 0 Å². The molecule has 22 heavy (non-hydrogen) atoms. The van der Waals surface area contributed by atoms with E-state index in [0.29, 0.717) is 31.7 Å². The lowest BCUT2D eigenvalue weighted by atomic mass is 10.1. The van der Waals surface area contributed by atoms with Gasteiger partial charge >= 0.3 is 6.09 Å². The summed E-state index contributed by atoms with van der Waals surface area (Å²) in [4.78, 5) is 17.8. The quantitative estimate of drug-likeness (QED) is 0.851. The van der Waals surface area contributed by atoms with Crippen molar-refractivity contribution in [1.82, 2.24) is 20.1 Å². The van der Waals surface area contributed by atoms with Gasteiger partial charge in [-0.1, -0.05) is 0 Å². The third-order valence-electron chi connectivity index (χ3n) is 3.84. The predicted molar refractivity (Wildman–Crippen MR) is 81.7 cm³/mol. The van der Waals surface area contributed by atoms with Gasteiger partial charge in [0.15, 0.2) is 5.82 Å². The zero-order valence-corrected chi connectivity index (χ0v) is 12.8. The van der Waals surface area contributed by atoms with Crippen LogP contribution in [-0.2, 0) is 4.74 Å². The molecule has 2 fully saturated rings. The Morgan fingerprint density at radius 2 is 2.00 bits per heavy atom. The van der Waals surface area contributed by atoms with Crippen LogP contribution < -0.4 is 10.6 Å². The molecule has 2 aliphatic rings. The molecule has 0 aromatic carbocycles. The normalized spacial score (nSPS) is 18.9. The SMILES string of the molecule is CCOC(=O)N1CCC(Nc2cnnc(NC3CC3)n2)CC1. The molecular formula is C14H22N6O2. The molecule has 8 nitrogen and oxygen atoms in total. The van der Waals surface area contributed by atoms with Gasteiger partial charge < -0.3 is 20.3 Å². The molecular weight excluding hydrogens is 284 g/mol. The Labute approximate surface area is 129 Å². The van der Waals surface area contributed by atoms with E-state index in [9.17, 15) is 4.79 Å². The van der Waals surface area contributed by atoms with Crippen LogP contribution in [0.1, 0.15) is 32.6 Å². The predicted octanol–water partition coefficient (Wildman–Crippen LogP) is 1.48. The monoisotopic (exact) mass is 306 g/mol. The molecule has 0 unspecified atom stereocenters. The molecule has 1 aliphatic carbocycles. The fourth-order valence-electron chi connectivity index (χ4n) is 2.47. The molecule has 1 saturated heterocycles. The number of nitrogens with one attached hydrogen (secondary N) is 2. The number of piperidine rings is 1. The van der Waals surface area contributed by atoms with Crippen LogP contribution in [0.15, 0.2) is 6.20 Å². The first-order chi connectivity index (χ1) is 10.7. The van der Waals surface area contributed by atoms with Crippen molar-refractivity contribution in [2.24, 2.45) is 0 Å². The Morgan fingerprint density at radius 3 is 2.68 bits per heavy atom. The first-order valence-corrected chi connectivity index (χ1v) is 7.89. The van der Waals surface area contributed by atoms with Gasteiger partial charge in [-0.25, -0.2) is 4.79 Å². The molecule has 3 rings (SSSR count). The van der Waals surface area contributed by atoms with E-state index >= 15 is 0 Å². The highest BCUT2D eigenvalue weighted by atomic mass is 16.6. The van der Waals surface area contributed by atoms with Gasteiger partial charge in [0.1, 0.15) is 0 Å². The van der Waals surface area contributed by atoms with Crippen molar-refractivity contribution in [2.45, 2.75) is 44.7 Å². The van der Waals surface area contributed by atoms with Gasteiger partial charge in [0.25, 0.3) is 0 Å². The summed E-state index contributed by atoms with van der Waals surface area (Å²) in [5, 5.41) is 14.6. The van der Waals surface area contributed by atoms with Gasteiger partial charge in [-0.05, 0) is 32.6 Å². The second-order valence-electron chi connectivity index (χ2n) is 5.69. The Hall–Kier alpha value is -2.12. The van der Waals surface area contributed by atoms with Gasteiger partial charge in [0.05, 0.1) is 12.8 Å². The smallest absolute Gasteiger partial charge is 0.409 e. The number of carbonyl (C=O) groups is 1. The average Bonchev–Trinajstić information content (AvgIpc) is 3.32. The number of amides is 1. The molecule has 1 aromatic heterocycles. The van der Waals surface area contributed by atoms with E-state index in [1.54, 1.807) is 11.1 Å². The number of likely N-dealkylation sites (tertiary alicyclic amines) is 1. The largest absolute Gasteiger partial charge is 0.450 e. The first kappa shape index (κ1) is 14.8. The fourth-order valence-corrected chi connectivity index (χ4v) is 2.47. The third-order valence-corrected chi connectivity index (χ3v) is 3.84. The molecule has 1 amide bonds. The van der Waals surface area contributed by atoms with Crippen molar-refractivity contribution in [3.05, 3.63) is 6.20 Å². The number of hydrogen-bond donors (Lipinski definition) is 2. The Bertz CT molecular complexity index is 514. The Balaban J connectivity index is 1.48. The second-order valence-corrected chi connectivity index (χ2v) is 5.69. The van der Waals surface area contributed by atoms with Gasteiger partial charge in [0, 0.05) is 25.2 Å². The van der Waals surface area contributed by atoms with E-state index in [0.717, 1.165) is 18.7 Å². The van der Waals surface area contributed by atoms with Crippen LogP contribution in [-0.4, -0.2) is 58.0 Å². The first-order valence-electron chi connectivity index (χ1n) is 7.89. The number of aromatic nitrogens is 3. The highest BCUT2D eigenvalue weighted by Gasteiger charge is 2.24. The van der Waals surface area contributed by atoms with Crippen molar-refractivity contribution in [2.75, 3.05) is 30.3 Å². The van der Waals surface area contributed by atoms with Crippen molar-refractivity contribution in [3.63, 3.8) is 0 Å². The summed E-state index contributed by atoms with van der Waals surface area (Å²) in [7, 11) is 0. The van der Waals surface area contributed by atoms with Crippen molar-refractivity contribution in [1.29, 1.82) is 0 Å². The van der Waals surface area contributed by atoms with Gasteiger partial charge in [0.2, 0.25) is 5.95 Å². The molecule has 2 heterocycles. The van der Waals surface area contributed by atoms with Crippen molar-refractivity contribution in [3.8, 4) is 0 Å². The Morgan fingerprint density at radius 1 is 1.27 bits per heavy atom. The van der Waals surface area contributed by atoms with E-state index in [1.165, 1.54) is 12.8 Å². The van der Waals surface area contributed by atoms with Crippen LogP contribution in [0.2, 0.25) is 0 Å². The summed E-state index contributed by atoms with van der Waals surface area (Å²) in [6, 6.07) is 0.793. The van der Waals surface area contributed by atoms with E-state index in [2.05, 4.69) is 25.8 Å². The third kappa shape index (κ3) is 3.96. The minimum atomic E-state index is -0.222. The standard InChI is InChI=1S/C14H22N6O2/c1-2-22-14(21)20-7-5-11(6-8-20)16-12-9-15-19-13(18-12)17-10-3-4-10/h9-11H,2-8H2,1H3,(H2,16,17,18,19). The molecule has 1 aromatic rings. The highest BCUT2D eigenvalue weighted by Crippen LogP contribution is 2.23. The Kier molecular flexibility index (Phi) is 4.55. The maximum Gasteiger partial charge on any atom is 0.409 e. The zero-order chi connectivity index (χ0) is 15.4. The summed E-state index contributed by atoms with van der Waals surface area (Å²) < 4.78 is 5.02.